The lowest BCUT2D eigenvalue weighted by Gasteiger charge is -2.21. The number of rotatable bonds is 6. The number of carbonyl (C=O) groups excluding carboxylic acids is 2. The van der Waals surface area contributed by atoms with Gasteiger partial charge in [-0.15, -0.1) is 0 Å². The Morgan fingerprint density at radius 3 is 2.63 bits per heavy atom. The lowest BCUT2D eigenvalue weighted by molar-refractivity contribution is -0.141. The minimum atomic E-state index is -0.480. The van der Waals surface area contributed by atoms with Gasteiger partial charge in [-0.1, -0.05) is 17.7 Å². The summed E-state index contributed by atoms with van der Waals surface area (Å²) in [5, 5.41) is 0.468. The molecule has 6 heteroatoms. The first-order chi connectivity index (χ1) is 9.08. The van der Waals surface area contributed by atoms with Crippen LogP contribution in [0.25, 0.3) is 0 Å². The van der Waals surface area contributed by atoms with E-state index in [2.05, 4.69) is 4.74 Å². The Kier molecular flexibility index (Phi) is 6.32. The molecule has 0 unspecified atom stereocenters. The first kappa shape index (κ1) is 15.5. The average Bonchev–Trinajstić information content (AvgIpc) is 2.42. The van der Waals surface area contributed by atoms with Crippen molar-refractivity contribution in [1.29, 1.82) is 0 Å². The first-order valence-corrected chi connectivity index (χ1v) is 6.07. The van der Waals surface area contributed by atoms with E-state index in [0.29, 0.717) is 23.7 Å². The summed E-state index contributed by atoms with van der Waals surface area (Å²) in [6.07, 6.45) is 0. The molecule has 0 aliphatic rings. The van der Waals surface area contributed by atoms with Crippen LogP contribution in [0, 0.1) is 0 Å². The summed E-state index contributed by atoms with van der Waals surface area (Å²) in [4.78, 5) is 24.9. The molecular weight excluding hydrogens is 270 g/mol. The van der Waals surface area contributed by atoms with Crippen molar-refractivity contribution in [3.63, 3.8) is 0 Å². The lowest BCUT2D eigenvalue weighted by Crippen LogP contribution is -2.38. The summed E-state index contributed by atoms with van der Waals surface area (Å²) in [6.45, 7) is 0.519. The number of methoxy groups -OCH3 is 2. The fourth-order valence-electron chi connectivity index (χ4n) is 1.48. The Hall–Kier alpha value is -1.59. The van der Waals surface area contributed by atoms with E-state index < -0.39 is 5.97 Å². The number of amides is 1. The van der Waals surface area contributed by atoms with Gasteiger partial charge in [-0.25, -0.2) is 0 Å². The average molecular weight is 286 g/mol. The van der Waals surface area contributed by atoms with E-state index in [4.69, 9.17) is 16.3 Å². The molecule has 0 spiro atoms. The van der Waals surface area contributed by atoms with Crippen molar-refractivity contribution in [2.75, 3.05) is 33.9 Å². The van der Waals surface area contributed by atoms with Gasteiger partial charge in [-0.3, -0.25) is 9.59 Å². The molecule has 1 aromatic carbocycles. The quantitative estimate of drug-likeness (QED) is 0.745. The minimum Gasteiger partial charge on any atom is -0.468 e. The monoisotopic (exact) mass is 285 g/mol. The van der Waals surface area contributed by atoms with Crippen LogP contribution in [0.1, 0.15) is 10.4 Å². The normalized spacial score (nSPS) is 10.1. The van der Waals surface area contributed by atoms with E-state index in [1.165, 1.54) is 19.1 Å². The van der Waals surface area contributed by atoms with Crippen LogP contribution in [0.15, 0.2) is 24.3 Å². The number of halogens is 1. The van der Waals surface area contributed by atoms with Crippen LogP contribution in [0.3, 0.4) is 0 Å². The molecule has 0 aromatic heterocycles. The van der Waals surface area contributed by atoms with Crippen molar-refractivity contribution in [1.82, 2.24) is 4.90 Å². The van der Waals surface area contributed by atoms with Crippen molar-refractivity contribution in [3.8, 4) is 0 Å². The third-order valence-electron chi connectivity index (χ3n) is 2.47. The van der Waals surface area contributed by atoms with Gasteiger partial charge in [0.05, 0.1) is 13.7 Å². The van der Waals surface area contributed by atoms with Gasteiger partial charge in [-0.2, -0.15) is 0 Å². The van der Waals surface area contributed by atoms with Gasteiger partial charge in [0.1, 0.15) is 6.54 Å². The Balaban J connectivity index is 2.83. The number of hydrogen-bond acceptors (Lipinski definition) is 4. The van der Waals surface area contributed by atoms with E-state index >= 15 is 0 Å². The Morgan fingerprint density at radius 1 is 1.32 bits per heavy atom. The highest BCUT2D eigenvalue weighted by Crippen LogP contribution is 2.12. The number of ether oxygens (including phenoxy) is 2. The SMILES string of the molecule is COCCN(CC(=O)OC)C(=O)c1cccc(Cl)c1. The second kappa shape index (κ2) is 7.76. The molecule has 0 saturated heterocycles. The van der Waals surface area contributed by atoms with Gasteiger partial charge in [-0.05, 0) is 18.2 Å². The summed E-state index contributed by atoms with van der Waals surface area (Å²) in [7, 11) is 2.81. The third-order valence-corrected chi connectivity index (χ3v) is 2.71. The fourth-order valence-corrected chi connectivity index (χ4v) is 1.67. The molecule has 5 nitrogen and oxygen atoms in total. The maximum atomic E-state index is 12.3. The zero-order valence-corrected chi connectivity index (χ0v) is 11.6. The summed E-state index contributed by atoms with van der Waals surface area (Å²) in [6, 6.07) is 6.56. The second-order valence-corrected chi connectivity index (χ2v) is 4.24. The number of hydrogen-bond donors (Lipinski definition) is 0. The van der Waals surface area contributed by atoms with Crippen molar-refractivity contribution in [2.24, 2.45) is 0 Å². The number of benzene rings is 1. The predicted octanol–water partition coefficient (Wildman–Crippen LogP) is 1.60. The van der Waals surface area contributed by atoms with Crippen LogP contribution >= 0.6 is 11.6 Å². The molecule has 0 heterocycles. The Labute approximate surface area is 117 Å². The molecule has 0 bridgehead atoms. The highest BCUT2D eigenvalue weighted by atomic mass is 35.5. The van der Waals surface area contributed by atoms with E-state index in [1.54, 1.807) is 24.3 Å². The smallest absolute Gasteiger partial charge is 0.325 e. The molecule has 0 atom stereocenters. The maximum absolute atomic E-state index is 12.3. The van der Waals surface area contributed by atoms with Gasteiger partial charge in [0, 0.05) is 24.2 Å². The van der Waals surface area contributed by atoms with E-state index in [9.17, 15) is 9.59 Å². The molecule has 1 aromatic rings. The van der Waals surface area contributed by atoms with Crippen molar-refractivity contribution < 1.29 is 19.1 Å². The molecule has 1 amide bonds. The topological polar surface area (TPSA) is 55.8 Å². The van der Waals surface area contributed by atoms with E-state index in [-0.39, 0.29) is 12.5 Å². The molecule has 104 valence electrons. The van der Waals surface area contributed by atoms with Crippen LogP contribution in [-0.2, 0) is 14.3 Å². The summed E-state index contributed by atoms with van der Waals surface area (Å²) < 4.78 is 9.50. The van der Waals surface area contributed by atoms with Crippen LogP contribution in [0.4, 0.5) is 0 Å². The Morgan fingerprint density at radius 2 is 2.05 bits per heavy atom. The lowest BCUT2D eigenvalue weighted by atomic mass is 10.2. The van der Waals surface area contributed by atoms with Crippen LogP contribution in [-0.4, -0.2) is 50.7 Å². The molecule has 0 N–H and O–H groups in total. The first-order valence-electron chi connectivity index (χ1n) is 5.69. The fraction of sp³-hybridized carbons (Fsp3) is 0.385. The molecule has 0 saturated carbocycles. The minimum absolute atomic E-state index is 0.120. The van der Waals surface area contributed by atoms with Crippen molar-refractivity contribution >= 4 is 23.5 Å². The number of carbonyl (C=O) groups is 2. The summed E-state index contributed by atoms with van der Waals surface area (Å²) in [5.74, 6) is -0.767. The van der Waals surface area contributed by atoms with Gasteiger partial charge in [0.15, 0.2) is 0 Å². The van der Waals surface area contributed by atoms with Crippen LogP contribution in [0.2, 0.25) is 5.02 Å². The highest BCUT2D eigenvalue weighted by molar-refractivity contribution is 6.30. The van der Waals surface area contributed by atoms with E-state index in [0.717, 1.165) is 0 Å². The number of esters is 1. The van der Waals surface area contributed by atoms with Crippen molar-refractivity contribution in [2.45, 2.75) is 0 Å². The predicted molar refractivity (Wildman–Crippen MR) is 71.2 cm³/mol. The van der Waals surface area contributed by atoms with E-state index in [1.807, 2.05) is 0 Å². The Bertz CT molecular complexity index is 450. The third kappa shape index (κ3) is 4.89. The largest absolute Gasteiger partial charge is 0.468 e. The molecule has 19 heavy (non-hydrogen) atoms. The second-order valence-electron chi connectivity index (χ2n) is 3.81. The maximum Gasteiger partial charge on any atom is 0.325 e. The molecule has 1 rings (SSSR count). The summed E-state index contributed by atoms with van der Waals surface area (Å²) in [5.41, 5.74) is 0.424. The van der Waals surface area contributed by atoms with Crippen molar-refractivity contribution in [3.05, 3.63) is 34.9 Å². The van der Waals surface area contributed by atoms with Gasteiger partial charge in [0.2, 0.25) is 0 Å². The number of nitrogens with zero attached hydrogens (tertiary/aromatic N) is 1. The molecule has 0 aliphatic carbocycles. The highest BCUT2D eigenvalue weighted by Gasteiger charge is 2.19. The zero-order valence-electron chi connectivity index (χ0n) is 10.9. The molecule has 0 fully saturated rings. The van der Waals surface area contributed by atoms with Gasteiger partial charge in [0.25, 0.3) is 5.91 Å². The van der Waals surface area contributed by atoms with Gasteiger partial charge >= 0.3 is 5.97 Å². The molecular formula is C13H16ClNO4. The standard InChI is InChI=1S/C13H16ClNO4/c1-18-7-6-15(9-12(16)19-2)13(17)10-4-3-5-11(14)8-10/h3-5,8H,6-7,9H2,1-2H3. The van der Waals surface area contributed by atoms with Crippen LogP contribution < -0.4 is 0 Å². The van der Waals surface area contributed by atoms with Crippen LogP contribution in [0.5, 0.6) is 0 Å². The van der Waals surface area contributed by atoms with Gasteiger partial charge < -0.3 is 14.4 Å². The molecule has 0 aliphatic heterocycles. The zero-order chi connectivity index (χ0) is 14.3. The molecule has 0 radical (unpaired) electrons. The summed E-state index contributed by atoms with van der Waals surface area (Å²) >= 11 is 5.84.